The molecule has 0 amide bonds. The summed E-state index contributed by atoms with van der Waals surface area (Å²) >= 11 is 0. The van der Waals surface area contributed by atoms with Crippen LogP contribution in [0.2, 0.25) is 0 Å². The third kappa shape index (κ3) is 4.86. The zero-order chi connectivity index (χ0) is 11.1. The molecule has 1 rings (SSSR count). The molecule has 0 radical (unpaired) electrons. The van der Waals surface area contributed by atoms with Crippen LogP contribution >= 0.6 is 0 Å². The van der Waals surface area contributed by atoms with E-state index in [1.54, 1.807) is 0 Å². The Bertz CT molecular complexity index is 219. The highest BCUT2D eigenvalue weighted by Gasteiger charge is 2.21. The molecule has 1 fully saturated rings. The van der Waals surface area contributed by atoms with Gasteiger partial charge in [0.15, 0.2) is 5.96 Å². The van der Waals surface area contributed by atoms with Crippen LogP contribution in [0.1, 0.15) is 25.7 Å². The Kier molecular flexibility index (Phi) is 5.22. The summed E-state index contributed by atoms with van der Waals surface area (Å²) in [6.07, 6.45) is 6.94. The second-order valence-electron chi connectivity index (χ2n) is 4.22. The Morgan fingerprint density at radius 3 is 2.87 bits per heavy atom. The van der Waals surface area contributed by atoms with Crippen molar-refractivity contribution in [3.63, 3.8) is 0 Å². The third-order valence-electron chi connectivity index (χ3n) is 2.72. The van der Waals surface area contributed by atoms with Gasteiger partial charge in [0.2, 0.25) is 0 Å². The second kappa shape index (κ2) is 6.49. The highest BCUT2D eigenvalue weighted by atomic mass is 15.3. The zero-order valence-electron chi connectivity index (χ0n) is 10.00. The maximum atomic E-state index is 4.27. The number of nitrogens with zero attached hydrogens (tertiary/aromatic N) is 2. The van der Waals surface area contributed by atoms with Gasteiger partial charge in [-0.2, -0.15) is 0 Å². The Morgan fingerprint density at radius 1 is 1.60 bits per heavy atom. The topological polar surface area (TPSA) is 27.6 Å². The third-order valence-corrected chi connectivity index (χ3v) is 2.72. The fraction of sp³-hybridized carbons (Fsp3) is 0.750. The Morgan fingerprint density at radius 2 is 2.33 bits per heavy atom. The highest BCUT2D eigenvalue weighted by Crippen LogP contribution is 2.27. The fourth-order valence-electron chi connectivity index (χ4n) is 1.52. The van der Waals surface area contributed by atoms with E-state index in [0.717, 1.165) is 37.8 Å². The van der Waals surface area contributed by atoms with Crippen LogP contribution in [0.25, 0.3) is 0 Å². The lowest BCUT2D eigenvalue weighted by Crippen LogP contribution is -2.40. The quantitative estimate of drug-likeness (QED) is 0.313. The van der Waals surface area contributed by atoms with E-state index in [0.29, 0.717) is 0 Å². The summed E-state index contributed by atoms with van der Waals surface area (Å²) in [7, 11) is 3.94. The first-order valence-corrected chi connectivity index (χ1v) is 5.80. The molecular formula is C12H23N3. The van der Waals surface area contributed by atoms with Crippen LogP contribution in [-0.2, 0) is 0 Å². The minimum absolute atomic E-state index is 0.892. The van der Waals surface area contributed by atoms with Gasteiger partial charge in [-0.05, 0) is 31.6 Å². The SMILES string of the molecule is C=CCCCN(C)C(=NC)NCC1CC1. The van der Waals surface area contributed by atoms with Crippen molar-refractivity contribution in [3.05, 3.63) is 12.7 Å². The molecule has 0 aromatic heterocycles. The van der Waals surface area contributed by atoms with Gasteiger partial charge in [0.05, 0.1) is 0 Å². The van der Waals surface area contributed by atoms with E-state index in [9.17, 15) is 0 Å². The van der Waals surface area contributed by atoms with Gasteiger partial charge in [-0.25, -0.2) is 0 Å². The normalized spacial score (nSPS) is 16.3. The summed E-state index contributed by atoms with van der Waals surface area (Å²) in [6, 6.07) is 0. The lowest BCUT2D eigenvalue weighted by Gasteiger charge is -2.21. The second-order valence-corrected chi connectivity index (χ2v) is 4.22. The van der Waals surface area contributed by atoms with Gasteiger partial charge in [-0.3, -0.25) is 4.99 Å². The number of hydrogen-bond donors (Lipinski definition) is 1. The number of allylic oxidation sites excluding steroid dienone is 1. The van der Waals surface area contributed by atoms with Gasteiger partial charge >= 0.3 is 0 Å². The van der Waals surface area contributed by atoms with Crippen LogP contribution in [0.5, 0.6) is 0 Å². The van der Waals surface area contributed by atoms with E-state index >= 15 is 0 Å². The van der Waals surface area contributed by atoms with Crippen molar-refractivity contribution in [2.45, 2.75) is 25.7 Å². The van der Waals surface area contributed by atoms with E-state index in [1.807, 2.05) is 13.1 Å². The fourth-order valence-corrected chi connectivity index (χ4v) is 1.52. The van der Waals surface area contributed by atoms with E-state index in [-0.39, 0.29) is 0 Å². The van der Waals surface area contributed by atoms with Crippen LogP contribution in [-0.4, -0.2) is 38.0 Å². The molecule has 0 unspecified atom stereocenters. The van der Waals surface area contributed by atoms with Gasteiger partial charge in [0.25, 0.3) is 0 Å². The molecule has 0 aliphatic heterocycles. The maximum absolute atomic E-state index is 4.27. The molecule has 1 aliphatic carbocycles. The van der Waals surface area contributed by atoms with E-state index in [2.05, 4.69) is 28.8 Å². The number of unbranched alkanes of at least 4 members (excludes halogenated alkanes) is 1. The Hall–Kier alpha value is -0.990. The van der Waals surface area contributed by atoms with E-state index in [4.69, 9.17) is 0 Å². The molecule has 1 aliphatic rings. The molecule has 0 bridgehead atoms. The van der Waals surface area contributed by atoms with Crippen molar-refractivity contribution in [1.29, 1.82) is 0 Å². The predicted molar refractivity (Wildman–Crippen MR) is 66.1 cm³/mol. The lowest BCUT2D eigenvalue weighted by atomic mass is 10.3. The number of hydrogen-bond acceptors (Lipinski definition) is 1. The predicted octanol–water partition coefficient (Wildman–Crippen LogP) is 1.87. The molecule has 0 spiro atoms. The molecular weight excluding hydrogens is 186 g/mol. The molecule has 86 valence electrons. The molecule has 1 saturated carbocycles. The van der Waals surface area contributed by atoms with Crippen LogP contribution < -0.4 is 5.32 Å². The van der Waals surface area contributed by atoms with E-state index < -0.39 is 0 Å². The molecule has 1 N–H and O–H groups in total. The van der Waals surface area contributed by atoms with E-state index in [1.165, 1.54) is 12.8 Å². The highest BCUT2D eigenvalue weighted by molar-refractivity contribution is 5.79. The van der Waals surface area contributed by atoms with Crippen molar-refractivity contribution >= 4 is 5.96 Å². The van der Waals surface area contributed by atoms with Crippen LogP contribution in [0, 0.1) is 5.92 Å². The molecule has 0 saturated heterocycles. The summed E-state index contributed by atoms with van der Waals surface area (Å²) in [5.41, 5.74) is 0. The number of guanidine groups is 1. The van der Waals surface area contributed by atoms with Crippen LogP contribution in [0.4, 0.5) is 0 Å². The first-order chi connectivity index (χ1) is 7.27. The summed E-state index contributed by atoms with van der Waals surface area (Å²) in [5, 5.41) is 3.41. The average Bonchev–Trinajstić information content (AvgIpc) is 3.03. The summed E-state index contributed by atoms with van der Waals surface area (Å²) in [4.78, 5) is 6.46. The molecule has 3 heteroatoms. The van der Waals surface area contributed by atoms with Crippen molar-refractivity contribution in [1.82, 2.24) is 10.2 Å². The smallest absolute Gasteiger partial charge is 0.193 e. The number of rotatable bonds is 6. The molecule has 15 heavy (non-hydrogen) atoms. The first-order valence-electron chi connectivity index (χ1n) is 5.80. The Balaban J connectivity index is 2.19. The van der Waals surface area contributed by atoms with Gasteiger partial charge < -0.3 is 10.2 Å². The number of nitrogens with one attached hydrogen (secondary N) is 1. The number of aliphatic imine (C=N–C) groups is 1. The van der Waals surface area contributed by atoms with Gasteiger partial charge in [-0.15, -0.1) is 6.58 Å². The van der Waals surface area contributed by atoms with Gasteiger partial charge in [0, 0.05) is 27.2 Å². The van der Waals surface area contributed by atoms with Crippen molar-refractivity contribution in [3.8, 4) is 0 Å². The van der Waals surface area contributed by atoms with Gasteiger partial charge in [-0.1, -0.05) is 6.08 Å². The standard InChI is InChI=1S/C12H23N3/c1-4-5-6-9-15(3)12(13-2)14-10-11-7-8-11/h4,11H,1,5-10H2,2-3H3,(H,13,14). The van der Waals surface area contributed by atoms with Crippen molar-refractivity contribution in [2.24, 2.45) is 10.9 Å². The molecule has 0 aromatic rings. The van der Waals surface area contributed by atoms with Gasteiger partial charge in [0.1, 0.15) is 0 Å². The summed E-state index contributed by atoms with van der Waals surface area (Å²) in [5.74, 6) is 1.91. The van der Waals surface area contributed by atoms with Crippen molar-refractivity contribution in [2.75, 3.05) is 27.2 Å². The van der Waals surface area contributed by atoms with Crippen LogP contribution in [0.3, 0.4) is 0 Å². The molecule has 3 nitrogen and oxygen atoms in total. The van der Waals surface area contributed by atoms with Crippen LogP contribution in [0.15, 0.2) is 17.6 Å². The minimum atomic E-state index is 0.892. The largest absolute Gasteiger partial charge is 0.356 e. The average molecular weight is 209 g/mol. The van der Waals surface area contributed by atoms with Crippen molar-refractivity contribution < 1.29 is 0 Å². The minimum Gasteiger partial charge on any atom is -0.356 e. The monoisotopic (exact) mass is 209 g/mol. The molecule has 0 atom stereocenters. The summed E-state index contributed by atoms with van der Waals surface area (Å²) < 4.78 is 0. The zero-order valence-corrected chi connectivity index (χ0v) is 10.00. The summed E-state index contributed by atoms with van der Waals surface area (Å²) in [6.45, 7) is 5.85. The maximum Gasteiger partial charge on any atom is 0.193 e. The lowest BCUT2D eigenvalue weighted by molar-refractivity contribution is 0.468. The Labute approximate surface area is 93.3 Å². The first kappa shape index (κ1) is 12.1. The molecule has 0 heterocycles. The molecule has 0 aromatic carbocycles.